The molecule has 5 nitrogen and oxygen atoms in total. The molecule has 20 heavy (non-hydrogen) atoms. The van der Waals surface area contributed by atoms with Crippen molar-refractivity contribution in [1.82, 2.24) is 20.2 Å². The van der Waals surface area contributed by atoms with Gasteiger partial charge in [-0.25, -0.2) is 9.07 Å². The molecule has 0 saturated heterocycles. The van der Waals surface area contributed by atoms with E-state index in [4.69, 9.17) is 5.73 Å². The van der Waals surface area contributed by atoms with Gasteiger partial charge in [-0.05, 0) is 54.7 Å². The molecular weight excluding hydrogens is 257 g/mol. The second-order valence-corrected chi connectivity index (χ2v) is 5.69. The van der Waals surface area contributed by atoms with E-state index in [1.54, 1.807) is 13.0 Å². The maximum atomic E-state index is 13.8. The third-order valence-corrected chi connectivity index (χ3v) is 4.15. The predicted molar refractivity (Wildman–Crippen MR) is 74.4 cm³/mol. The van der Waals surface area contributed by atoms with Crippen molar-refractivity contribution in [2.45, 2.75) is 39.2 Å². The Morgan fingerprint density at radius 2 is 2.15 bits per heavy atom. The van der Waals surface area contributed by atoms with Crippen LogP contribution in [0.3, 0.4) is 0 Å². The third kappa shape index (κ3) is 2.15. The quantitative estimate of drug-likeness (QED) is 0.855. The molecule has 0 amide bonds. The molecular formula is C14H18FN5. The molecule has 0 spiro atoms. The summed E-state index contributed by atoms with van der Waals surface area (Å²) in [4.78, 5) is 0. The fourth-order valence-electron chi connectivity index (χ4n) is 2.86. The molecule has 1 heterocycles. The number of nitrogens with two attached hydrogens (primary N) is 1. The smallest absolute Gasteiger partial charge is 0.182 e. The van der Waals surface area contributed by atoms with E-state index in [0.29, 0.717) is 34.6 Å². The van der Waals surface area contributed by atoms with Crippen molar-refractivity contribution in [3.8, 4) is 11.4 Å². The molecule has 3 rings (SSSR count). The highest BCUT2D eigenvalue weighted by Crippen LogP contribution is 2.36. The molecule has 0 bridgehead atoms. The van der Waals surface area contributed by atoms with Crippen LogP contribution in [-0.4, -0.2) is 20.2 Å². The van der Waals surface area contributed by atoms with Crippen molar-refractivity contribution in [3.05, 3.63) is 23.5 Å². The van der Waals surface area contributed by atoms with Crippen LogP contribution in [0.2, 0.25) is 0 Å². The largest absolute Gasteiger partial charge is 0.398 e. The predicted octanol–water partition coefficient (Wildman–Crippen LogP) is 2.73. The Morgan fingerprint density at radius 3 is 2.80 bits per heavy atom. The van der Waals surface area contributed by atoms with Crippen LogP contribution in [0.4, 0.5) is 10.1 Å². The Balaban J connectivity index is 2.01. The highest BCUT2D eigenvalue weighted by atomic mass is 19.1. The van der Waals surface area contributed by atoms with E-state index in [0.717, 1.165) is 12.8 Å². The Morgan fingerprint density at radius 1 is 1.35 bits per heavy atom. The summed E-state index contributed by atoms with van der Waals surface area (Å²) in [6, 6.07) is 3.48. The van der Waals surface area contributed by atoms with Gasteiger partial charge in [-0.15, -0.1) is 5.10 Å². The first-order valence-corrected chi connectivity index (χ1v) is 6.90. The maximum absolute atomic E-state index is 13.8. The number of aromatic nitrogens is 4. The molecule has 1 aromatic heterocycles. The normalized spacial score (nSPS) is 22.4. The number of nitrogens with zero attached hydrogens (tertiary/aromatic N) is 4. The molecule has 2 aromatic rings. The van der Waals surface area contributed by atoms with Gasteiger partial charge in [0.25, 0.3) is 0 Å². The minimum absolute atomic E-state index is 0.292. The van der Waals surface area contributed by atoms with Gasteiger partial charge < -0.3 is 5.73 Å². The zero-order chi connectivity index (χ0) is 14.3. The Kier molecular flexibility index (Phi) is 3.16. The minimum Gasteiger partial charge on any atom is -0.398 e. The van der Waals surface area contributed by atoms with Crippen LogP contribution >= 0.6 is 0 Å². The van der Waals surface area contributed by atoms with Crippen LogP contribution in [0.15, 0.2) is 12.1 Å². The highest BCUT2D eigenvalue weighted by molar-refractivity contribution is 5.64. The number of tetrazole rings is 1. The lowest BCUT2D eigenvalue weighted by molar-refractivity contribution is 0.443. The fourth-order valence-corrected chi connectivity index (χ4v) is 2.86. The van der Waals surface area contributed by atoms with Crippen molar-refractivity contribution in [2.75, 3.05) is 5.73 Å². The first kappa shape index (κ1) is 13.0. The molecule has 1 saturated carbocycles. The number of hydrogen-bond acceptors (Lipinski definition) is 4. The summed E-state index contributed by atoms with van der Waals surface area (Å²) in [5.41, 5.74) is 7.36. The van der Waals surface area contributed by atoms with Gasteiger partial charge in [-0.2, -0.15) is 0 Å². The Labute approximate surface area is 117 Å². The summed E-state index contributed by atoms with van der Waals surface area (Å²) in [5.74, 6) is 0.945. The second-order valence-electron chi connectivity index (χ2n) is 5.69. The molecule has 1 aromatic carbocycles. The topological polar surface area (TPSA) is 69.6 Å². The molecule has 106 valence electrons. The van der Waals surface area contributed by atoms with Gasteiger partial charge in [0.05, 0.1) is 6.04 Å². The van der Waals surface area contributed by atoms with Gasteiger partial charge in [0.1, 0.15) is 5.82 Å². The molecule has 2 atom stereocenters. The van der Waals surface area contributed by atoms with Gasteiger partial charge in [-0.3, -0.25) is 0 Å². The lowest BCUT2D eigenvalue weighted by Gasteiger charge is -2.13. The summed E-state index contributed by atoms with van der Waals surface area (Å²) >= 11 is 0. The van der Waals surface area contributed by atoms with Crippen molar-refractivity contribution >= 4 is 5.69 Å². The minimum atomic E-state index is -0.325. The van der Waals surface area contributed by atoms with Crippen molar-refractivity contribution < 1.29 is 4.39 Å². The van der Waals surface area contributed by atoms with Crippen LogP contribution < -0.4 is 5.73 Å². The molecule has 0 radical (unpaired) electrons. The summed E-state index contributed by atoms with van der Waals surface area (Å²) in [6.45, 7) is 3.89. The maximum Gasteiger partial charge on any atom is 0.182 e. The van der Waals surface area contributed by atoms with Gasteiger partial charge in [0.15, 0.2) is 5.82 Å². The van der Waals surface area contributed by atoms with Crippen molar-refractivity contribution in [2.24, 2.45) is 5.92 Å². The number of halogens is 1. The molecule has 1 aliphatic rings. The van der Waals surface area contributed by atoms with Crippen LogP contribution in [-0.2, 0) is 0 Å². The van der Waals surface area contributed by atoms with Gasteiger partial charge in [-0.1, -0.05) is 6.92 Å². The number of anilines is 1. The number of nitrogen functional groups attached to an aromatic ring is 1. The zero-order valence-electron chi connectivity index (χ0n) is 11.7. The lowest BCUT2D eigenvalue weighted by Crippen LogP contribution is -2.09. The molecule has 2 unspecified atom stereocenters. The van der Waals surface area contributed by atoms with Crippen LogP contribution in [0.1, 0.15) is 37.8 Å². The molecule has 6 heteroatoms. The Bertz CT molecular complexity index is 613. The fraction of sp³-hybridized carbons (Fsp3) is 0.500. The van der Waals surface area contributed by atoms with Gasteiger partial charge in [0.2, 0.25) is 0 Å². The molecule has 0 aliphatic heterocycles. The van der Waals surface area contributed by atoms with Crippen molar-refractivity contribution in [1.29, 1.82) is 0 Å². The SMILES string of the molecule is Cc1c(N)cc(-c2nnnn2C2CCC(C)C2)cc1F. The van der Waals surface area contributed by atoms with Crippen LogP contribution in [0, 0.1) is 18.7 Å². The van der Waals surface area contributed by atoms with E-state index in [1.807, 2.05) is 4.68 Å². The summed E-state index contributed by atoms with van der Waals surface area (Å²) < 4.78 is 15.7. The van der Waals surface area contributed by atoms with E-state index in [2.05, 4.69) is 22.4 Å². The molecule has 1 aliphatic carbocycles. The van der Waals surface area contributed by atoms with Crippen molar-refractivity contribution in [3.63, 3.8) is 0 Å². The van der Waals surface area contributed by atoms with E-state index >= 15 is 0 Å². The summed E-state index contributed by atoms with van der Waals surface area (Å²) in [5, 5.41) is 11.9. The summed E-state index contributed by atoms with van der Waals surface area (Å²) in [6.07, 6.45) is 3.29. The Hall–Kier alpha value is -1.98. The van der Waals surface area contributed by atoms with E-state index in [-0.39, 0.29) is 5.82 Å². The summed E-state index contributed by atoms with van der Waals surface area (Å²) in [7, 11) is 0. The average Bonchev–Trinajstić information content (AvgIpc) is 3.03. The number of hydrogen-bond donors (Lipinski definition) is 1. The van der Waals surface area contributed by atoms with Crippen LogP contribution in [0.5, 0.6) is 0 Å². The van der Waals surface area contributed by atoms with E-state index in [9.17, 15) is 4.39 Å². The molecule has 2 N–H and O–H groups in total. The highest BCUT2D eigenvalue weighted by Gasteiger charge is 2.26. The monoisotopic (exact) mass is 275 g/mol. The first-order valence-electron chi connectivity index (χ1n) is 6.90. The van der Waals surface area contributed by atoms with Gasteiger partial charge in [0, 0.05) is 16.8 Å². The molecule has 1 fully saturated rings. The standard InChI is InChI=1S/C14H18FN5/c1-8-3-4-11(5-8)20-14(17-18-19-20)10-6-12(15)9(2)13(16)7-10/h6-8,11H,3-5,16H2,1-2H3. The average molecular weight is 275 g/mol. The van der Waals surface area contributed by atoms with Crippen LogP contribution in [0.25, 0.3) is 11.4 Å². The zero-order valence-corrected chi connectivity index (χ0v) is 11.7. The van der Waals surface area contributed by atoms with E-state index in [1.165, 1.54) is 12.5 Å². The number of benzene rings is 1. The van der Waals surface area contributed by atoms with E-state index < -0.39 is 0 Å². The number of rotatable bonds is 2. The third-order valence-electron chi connectivity index (χ3n) is 4.15. The van der Waals surface area contributed by atoms with Gasteiger partial charge >= 0.3 is 0 Å². The lowest BCUT2D eigenvalue weighted by atomic mass is 10.1. The second kappa shape index (κ2) is 4.85. The first-order chi connectivity index (χ1) is 9.56.